The summed E-state index contributed by atoms with van der Waals surface area (Å²) in [7, 11) is 0. The third-order valence-electron chi connectivity index (χ3n) is 5.17. The van der Waals surface area contributed by atoms with Crippen molar-refractivity contribution in [2.75, 3.05) is 13.2 Å². The van der Waals surface area contributed by atoms with Gasteiger partial charge in [0.05, 0.1) is 5.39 Å². The zero-order chi connectivity index (χ0) is 22.7. The Balaban J connectivity index is 1.55. The van der Waals surface area contributed by atoms with Crippen LogP contribution in [0.3, 0.4) is 0 Å². The molecule has 0 amide bonds. The topological polar surface area (TPSA) is 48.7 Å². The Morgan fingerprint density at radius 3 is 2.25 bits per heavy atom. The molecule has 4 rings (SSSR count). The van der Waals surface area contributed by atoms with E-state index in [1.807, 2.05) is 42.5 Å². The largest absolute Gasteiger partial charge is 0.490 e. The molecule has 0 aliphatic heterocycles. The minimum atomic E-state index is -0.262. The smallest absolute Gasteiger partial charge is 0.235 e. The predicted molar refractivity (Wildman–Crippen MR) is 129 cm³/mol. The molecule has 0 saturated carbocycles. The van der Waals surface area contributed by atoms with Gasteiger partial charge in [0.15, 0.2) is 5.76 Å². The summed E-state index contributed by atoms with van der Waals surface area (Å²) < 4.78 is 17.8. The normalized spacial score (nSPS) is 11.5. The van der Waals surface area contributed by atoms with Crippen LogP contribution in [0, 0.1) is 0 Å². The second-order valence-corrected chi connectivity index (χ2v) is 9.00. The lowest BCUT2D eigenvalue weighted by atomic mass is 9.87. The van der Waals surface area contributed by atoms with Crippen LogP contribution in [0.4, 0.5) is 0 Å². The van der Waals surface area contributed by atoms with Crippen LogP contribution < -0.4 is 14.9 Å². The van der Waals surface area contributed by atoms with Gasteiger partial charge in [-0.3, -0.25) is 4.79 Å². The van der Waals surface area contributed by atoms with Gasteiger partial charge in [-0.25, -0.2) is 0 Å². The van der Waals surface area contributed by atoms with Crippen LogP contribution in [0.15, 0.2) is 82.0 Å². The van der Waals surface area contributed by atoms with Gasteiger partial charge in [-0.15, -0.1) is 0 Å². The second-order valence-electron chi connectivity index (χ2n) is 8.57. The van der Waals surface area contributed by atoms with Crippen LogP contribution in [0.5, 0.6) is 11.5 Å². The predicted octanol–water partition coefficient (Wildman–Crippen LogP) is 6.87. The first-order valence-electron chi connectivity index (χ1n) is 10.5. The fourth-order valence-corrected chi connectivity index (χ4v) is 3.59. The molecule has 0 N–H and O–H groups in total. The van der Waals surface area contributed by atoms with E-state index in [1.165, 1.54) is 5.56 Å². The highest BCUT2D eigenvalue weighted by molar-refractivity contribution is 6.31. The van der Waals surface area contributed by atoms with Crippen LogP contribution in [-0.4, -0.2) is 13.2 Å². The Morgan fingerprint density at radius 1 is 0.875 bits per heavy atom. The molecule has 1 aromatic heterocycles. The third kappa shape index (κ3) is 4.81. The molecule has 0 aliphatic carbocycles. The number of benzene rings is 3. The van der Waals surface area contributed by atoms with Crippen LogP contribution >= 0.6 is 11.6 Å². The van der Waals surface area contributed by atoms with Crippen molar-refractivity contribution in [1.82, 2.24) is 0 Å². The highest BCUT2D eigenvalue weighted by Gasteiger charge is 2.18. The fourth-order valence-electron chi connectivity index (χ4n) is 3.42. The van der Waals surface area contributed by atoms with Crippen molar-refractivity contribution in [2.45, 2.75) is 26.2 Å². The van der Waals surface area contributed by atoms with Gasteiger partial charge >= 0.3 is 0 Å². The SMILES string of the molecule is CC(C)(C)c1ccc(OCCOc2c(-c3ccccc3)oc3ccc(Cl)cc3c2=O)cc1. The molecule has 32 heavy (non-hydrogen) atoms. The number of hydrogen-bond donors (Lipinski definition) is 0. The van der Waals surface area contributed by atoms with Gasteiger partial charge in [0.25, 0.3) is 0 Å². The van der Waals surface area contributed by atoms with Gasteiger partial charge in [-0.2, -0.15) is 0 Å². The van der Waals surface area contributed by atoms with E-state index in [1.54, 1.807) is 18.2 Å². The lowest BCUT2D eigenvalue weighted by Crippen LogP contribution is -2.15. The third-order valence-corrected chi connectivity index (χ3v) is 5.40. The standard InChI is InChI=1S/C27H25ClO4/c1-27(2,3)19-9-12-21(13-10-19)30-15-16-31-26-24(29)22-17-20(28)11-14-23(22)32-25(26)18-7-5-4-6-8-18/h4-14,17H,15-16H2,1-3H3. The molecule has 4 aromatic rings. The van der Waals surface area contributed by atoms with E-state index < -0.39 is 0 Å². The summed E-state index contributed by atoms with van der Waals surface area (Å²) in [6.07, 6.45) is 0. The van der Waals surface area contributed by atoms with Crippen molar-refractivity contribution >= 4 is 22.6 Å². The van der Waals surface area contributed by atoms with E-state index in [4.69, 9.17) is 25.5 Å². The fraction of sp³-hybridized carbons (Fsp3) is 0.222. The summed E-state index contributed by atoms with van der Waals surface area (Å²) >= 11 is 6.09. The van der Waals surface area contributed by atoms with Crippen molar-refractivity contribution in [1.29, 1.82) is 0 Å². The van der Waals surface area contributed by atoms with E-state index in [0.29, 0.717) is 21.8 Å². The van der Waals surface area contributed by atoms with Gasteiger partial charge in [0, 0.05) is 10.6 Å². The molecule has 0 saturated heterocycles. The van der Waals surface area contributed by atoms with E-state index in [-0.39, 0.29) is 29.8 Å². The average Bonchev–Trinajstić information content (AvgIpc) is 2.78. The van der Waals surface area contributed by atoms with Crippen LogP contribution in [0.2, 0.25) is 5.02 Å². The molecule has 164 valence electrons. The number of halogens is 1. The highest BCUT2D eigenvalue weighted by atomic mass is 35.5. The average molecular weight is 449 g/mol. The lowest BCUT2D eigenvalue weighted by molar-refractivity contribution is 0.214. The monoisotopic (exact) mass is 448 g/mol. The molecular formula is C27H25ClO4. The van der Waals surface area contributed by atoms with Gasteiger partial charge < -0.3 is 13.9 Å². The highest BCUT2D eigenvalue weighted by Crippen LogP contribution is 2.31. The van der Waals surface area contributed by atoms with Gasteiger partial charge in [0.1, 0.15) is 24.5 Å². The zero-order valence-electron chi connectivity index (χ0n) is 18.4. The molecular weight excluding hydrogens is 424 g/mol. The Morgan fingerprint density at radius 2 is 1.56 bits per heavy atom. The lowest BCUT2D eigenvalue weighted by Gasteiger charge is -2.19. The van der Waals surface area contributed by atoms with Crippen LogP contribution in [0.25, 0.3) is 22.3 Å². The number of fused-ring (bicyclic) bond motifs is 1. The maximum atomic E-state index is 13.2. The van der Waals surface area contributed by atoms with E-state index in [0.717, 1.165) is 11.3 Å². The number of rotatable bonds is 6. The molecule has 0 atom stereocenters. The Labute approximate surface area is 192 Å². The summed E-state index contributed by atoms with van der Waals surface area (Å²) in [6.45, 7) is 6.99. The Hall–Kier alpha value is -3.24. The van der Waals surface area contributed by atoms with Gasteiger partial charge in [0.2, 0.25) is 11.2 Å². The first kappa shape index (κ1) is 22.0. The molecule has 0 aliphatic rings. The Bertz CT molecular complexity index is 1270. The van der Waals surface area contributed by atoms with E-state index in [9.17, 15) is 4.79 Å². The van der Waals surface area contributed by atoms with Gasteiger partial charge in [-0.05, 0) is 41.3 Å². The van der Waals surface area contributed by atoms with Crippen molar-refractivity contribution < 1.29 is 13.9 Å². The number of ether oxygens (including phenoxy) is 2. The summed E-state index contributed by atoms with van der Waals surface area (Å²) in [4.78, 5) is 13.2. The molecule has 1 heterocycles. The van der Waals surface area contributed by atoms with Crippen LogP contribution in [0.1, 0.15) is 26.3 Å². The maximum Gasteiger partial charge on any atom is 0.235 e. The number of hydrogen-bond acceptors (Lipinski definition) is 4. The van der Waals surface area contributed by atoms with Crippen LogP contribution in [-0.2, 0) is 5.41 Å². The molecule has 5 heteroatoms. The van der Waals surface area contributed by atoms with Crippen molar-refractivity contribution in [2.24, 2.45) is 0 Å². The Kier molecular flexibility index (Phi) is 6.24. The minimum Gasteiger partial charge on any atom is -0.490 e. The summed E-state index contributed by atoms with van der Waals surface area (Å²) in [5, 5.41) is 0.844. The molecule has 4 nitrogen and oxygen atoms in total. The molecule has 0 bridgehead atoms. The molecule has 0 fully saturated rings. The van der Waals surface area contributed by atoms with E-state index in [2.05, 4.69) is 32.9 Å². The van der Waals surface area contributed by atoms with Crippen molar-refractivity contribution in [3.63, 3.8) is 0 Å². The minimum absolute atomic E-state index is 0.0858. The van der Waals surface area contributed by atoms with Gasteiger partial charge in [-0.1, -0.05) is 74.8 Å². The zero-order valence-corrected chi connectivity index (χ0v) is 19.1. The second kappa shape index (κ2) is 9.09. The molecule has 3 aromatic carbocycles. The maximum absolute atomic E-state index is 13.2. The first-order valence-corrected chi connectivity index (χ1v) is 10.9. The summed E-state index contributed by atoms with van der Waals surface area (Å²) in [5.74, 6) is 1.29. The first-order chi connectivity index (χ1) is 15.3. The summed E-state index contributed by atoms with van der Waals surface area (Å²) in [6, 6.07) is 22.4. The molecule has 0 unspecified atom stereocenters. The molecule has 0 radical (unpaired) electrons. The quantitative estimate of drug-likeness (QED) is 0.302. The summed E-state index contributed by atoms with van der Waals surface area (Å²) in [5.41, 5.74) is 2.28. The molecule has 0 spiro atoms. The van der Waals surface area contributed by atoms with E-state index >= 15 is 0 Å². The van der Waals surface area contributed by atoms with Crippen molar-refractivity contribution in [3.8, 4) is 22.8 Å². The van der Waals surface area contributed by atoms with Crippen molar-refractivity contribution in [3.05, 3.63) is 93.6 Å².